The highest BCUT2D eigenvalue weighted by Gasteiger charge is 2.19. The Morgan fingerprint density at radius 2 is 1.75 bits per heavy atom. The molecule has 1 saturated heterocycles. The van der Waals surface area contributed by atoms with E-state index in [0.29, 0.717) is 30.8 Å². The fourth-order valence-corrected chi connectivity index (χ4v) is 4.98. The lowest BCUT2D eigenvalue weighted by molar-refractivity contribution is 0.0297. The number of esters is 1. The van der Waals surface area contributed by atoms with Crippen LogP contribution in [0.5, 0.6) is 11.5 Å². The van der Waals surface area contributed by atoms with Crippen molar-refractivity contribution >= 4 is 21.7 Å². The number of para-hydroxylation sites is 1. The zero-order chi connectivity index (χ0) is 25.5. The van der Waals surface area contributed by atoms with Crippen LogP contribution in [0, 0.1) is 0 Å². The van der Waals surface area contributed by atoms with Crippen LogP contribution in [0.3, 0.4) is 0 Å². The summed E-state index contributed by atoms with van der Waals surface area (Å²) in [7, 11) is -4.01. The Balaban J connectivity index is 1.38. The van der Waals surface area contributed by atoms with Gasteiger partial charge in [0.1, 0.15) is 17.1 Å². The van der Waals surface area contributed by atoms with E-state index in [-0.39, 0.29) is 28.5 Å². The molecule has 1 aliphatic heterocycles. The van der Waals surface area contributed by atoms with Crippen molar-refractivity contribution in [3.63, 3.8) is 0 Å². The molecule has 0 radical (unpaired) electrons. The lowest BCUT2D eigenvalue weighted by Crippen LogP contribution is -2.37. The van der Waals surface area contributed by atoms with Crippen LogP contribution in [-0.2, 0) is 19.5 Å². The molecule has 0 atom stereocenters. The molecule has 0 spiro atoms. The van der Waals surface area contributed by atoms with Crippen molar-refractivity contribution < 1.29 is 32.9 Å². The van der Waals surface area contributed by atoms with Gasteiger partial charge in [-0.2, -0.15) is 0 Å². The van der Waals surface area contributed by atoms with E-state index < -0.39 is 21.7 Å². The lowest BCUT2D eigenvalue weighted by atomic mass is 10.1. The summed E-state index contributed by atoms with van der Waals surface area (Å²) in [6.45, 7) is 4.10. The van der Waals surface area contributed by atoms with E-state index in [2.05, 4.69) is 9.62 Å². The van der Waals surface area contributed by atoms with Crippen molar-refractivity contribution in [2.45, 2.75) is 11.3 Å². The Morgan fingerprint density at radius 1 is 0.972 bits per heavy atom. The van der Waals surface area contributed by atoms with E-state index in [1.807, 2.05) is 0 Å². The molecular formula is C26H28N2O7S. The third-order valence-electron chi connectivity index (χ3n) is 5.78. The minimum absolute atomic E-state index is 0.0218. The maximum absolute atomic E-state index is 12.9. The van der Waals surface area contributed by atoms with Gasteiger partial charge in [0.15, 0.2) is 0 Å². The predicted octanol–water partition coefficient (Wildman–Crippen LogP) is 3.44. The minimum atomic E-state index is -4.01. The first-order valence-electron chi connectivity index (χ1n) is 11.5. The van der Waals surface area contributed by atoms with Gasteiger partial charge in [0.05, 0.1) is 30.4 Å². The molecule has 1 heterocycles. The SMILES string of the molecule is O=C(OCCCN1CCOCC1)c1ccc(NS(=O)(=O)c2cccc(-c3ccccc3O)c2)cc1O. The highest BCUT2D eigenvalue weighted by atomic mass is 32.2. The van der Waals surface area contributed by atoms with Crippen LogP contribution in [-0.4, -0.2) is 69.0 Å². The highest BCUT2D eigenvalue weighted by molar-refractivity contribution is 7.92. The summed E-state index contributed by atoms with van der Waals surface area (Å²) in [5, 5.41) is 20.4. The minimum Gasteiger partial charge on any atom is -0.507 e. The number of nitrogens with one attached hydrogen (secondary N) is 1. The maximum Gasteiger partial charge on any atom is 0.341 e. The fraction of sp³-hybridized carbons (Fsp3) is 0.269. The second-order valence-corrected chi connectivity index (χ2v) is 10.0. The summed E-state index contributed by atoms with van der Waals surface area (Å²) in [5.41, 5.74) is 1.07. The van der Waals surface area contributed by atoms with Gasteiger partial charge in [-0.05, 0) is 42.3 Å². The number of phenolic OH excluding ortho intramolecular Hbond substituents is 2. The first kappa shape index (κ1) is 25.5. The number of ether oxygens (including phenoxy) is 2. The smallest absolute Gasteiger partial charge is 0.341 e. The summed E-state index contributed by atoms with van der Waals surface area (Å²) in [6.07, 6.45) is 0.657. The van der Waals surface area contributed by atoms with E-state index in [4.69, 9.17) is 9.47 Å². The van der Waals surface area contributed by atoms with E-state index in [1.165, 1.54) is 30.3 Å². The van der Waals surface area contributed by atoms with Crippen LogP contribution < -0.4 is 4.72 Å². The average molecular weight is 513 g/mol. The number of aromatic hydroxyl groups is 2. The molecule has 0 amide bonds. The molecule has 3 aromatic rings. The molecule has 9 nitrogen and oxygen atoms in total. The topological polar surface area (TPSA) is 125 Å². The van der Waals surface area contributed by atoms with Gasteiger partial charge in [0, 0.05) is 31.3 Å². The Kier molecular flexibility index (Phi) is 8.09. The quantitative estimate of drug-likeness (QED) is 0.294. The standard InChI is InChI=1S/C26H28N2O7S/c29-24-8-2-1-7-22(24)19-5-3-6-21(17-19)36(32,33)27-20-9-10-23(25(30)18-20)26(31)35-14-4-11-28-12-15-34-16-13-28/h1-3,5-10,17-18,27,29-30H,4,11-16H2. The number of phenols is 2. The molecule has 1 fully saturated rings. The number of sulfonamides is 1. The molecule has 0 aromatic heterocycles. The number of morpholine rings is 1. The summed E-state index contributed by atoms with van der Waals surface area (Å²) in [5.74, 6) is -1.04. The van der Waals surface area contributed by atoms with E-state index >= 15 is 0 Å². The number of hydrogen-bond acceptors (Lipinski definition) is 8. The van der Waals surface area contributed by atoms with Gasteiger partial charge in [-0.3, -0.25) is 9.62 Å². The van der Waals surface area contributed by atoms with Gasteiger partial charge in [-0.25, -0.2) is 13.2 Å². The van der Waals surface area contributed by atoms with Crippen molar-refractivity contribution in [1.82, 2.24) is 4.90 Å². The number of benzene rings is 3. The number of carbonyl (C=O) groups excluding carboxylic acids is 1. The van der Waals surface area contributed by atoms with Crippen molar-refractivity contribution in [1.29, 1.82) is 0 Å². The molecule has 0 aliphatic carbocycles. The number of nitrogens with zero attached hydrogens (tertiary/aromatic N) is 1. The second-order valence-electron chi connectivity index (χ2n) is 8.33. The van der Waals surface area contributed by atoms with Gasteiger partial charge in [0.2, 0.25) is 0 Å². The van der Waals surface area contributed by atoms with Crippen LogP contribution in [0.15, 0.2) is 71.6 Å². The molecule has 1 aliphatic rings. The van der Waals surface area contributed by atoms with Crippen molar-refractivity contribution in [2.24, 2.45) is 0 Å². The van der Waals surface area contributed by atoms with E-state index in [0.717, 1.165) is 25.7 Å². The van der Waals surface area contributed by atoms with Gasteiger partial charge >= 0.3 is 5.97 Å². The molecule has 3 N–H and O–H groups in total. The number of anilines is 1. The molecule has 0 unspecified atom stereocenters. The van der Waals surface area contributed by atoms with Crippen LogP contribution in [0.25, 0.3) is 11.1 Å². The van der Waals surface area contributed by atoms with Crippen molar-refractivity contribution in [3.8, 4) is 22.6 Å². The van der Waals surface area contributed by atoms with Crippen LogP contribution in [0.2, 0.25) is 0 Å². The van der Waals surface area contributed by atoms with Crippen molar-refractivity contribution in [2.75, 3.05) is 44.2 Å². The third-order valence-corrected chi connectivity index (χ3v) is 7.16. The Bertz CT molecular complexity index is 1320. The van der Waals surface area contributed by atoms with Gasteiger partial charge in [-0.1, -0.05) is 30.3 Å². The van der Waals surface area contributed by atoms with Crippen LogP contribution in [0.1, 0.15) is 16.8 Å². The zero-order valence-corrected chi connectivity index (χ0v) is 20.4. The summed E-state index contributed by atoms with van der Waals surface area (Å²) in [6, 6.07) is 16.6. The zero-order valence-electron chi connectivity index (χ0n) is 19.6. The van der Waals surface area contributed by atoms with Gasteiger partial charge in [-0.15, -0.1) is 0 Å². The molecule has 190 valence electrons. The van der Waals surface area contributed by atoms with Gasteiger partial charge in [0.25, 0.3) is 10.0 Å². The Labute approximate surface area is 210 Å². The molecule has 0 bridgehead atoms. The van der Waals surface area contributed by atoms with Crippen molar-refractivity contribution in [3.05, 3.63) is 72.3 Å². The summed E-state index contributed by atoms with van der Waals surface area (Å²) in [4.78, 5) is 14.6. The summed E-state index contributed by atoms with van der Waals surface area (Å²) >= 11 is 0. The monoisotopic (exact) mass is 512 g/mol. The number of carbonyl (C=O) groups is 1. The molecular weight excluding hydrogens is 484 g/mol. The highest BCUT2D eigenvalue weighted by Crippen LogP contribution is 2.31. The Hall–Kier alpha value is -3.60. The normalized spacial score (nSPS) is 14.3. The number of rotatable bonds is 9. The average Bonchev–Trinajstić information content (AvgIpc) is 2.87. The molecule has 10 heteroatoms. The molecule has 3 aromatic carbocycles. The van der Waals surface area contributed by atoms with E-state index in [1.54, 1.807) is 30.3 Å². The second kappa shape index (κ2) is 11.4. The first-order chi connectivity index (χ1) is 17.3. The third kappa shape index (κ3) is 6.34. The Morgan fingerprint density at radius 3 is 2.50 bits per heavy atom. The maximum atomic E-state index is 12.9. The molecule has 4 rings (SSSR count). The number of hydrogen-bond donors (Lipinski definition) is 3. The van der Waals surface area contributed by atoms with E-state index in [9.17, 15) is 23.4 Å². The fourth-order valence-electron chi connectivity index (χ4n) is 3.89. The molecule has 36 heavy (non-hydrogen) atoms. The lowest BCUT2D eigenvalue weighted by Gasteiger charge is -2.26. The summed E-state index contributed by atoms with van der Waals surface area (Å²) < 4.78 is 38.9. The largest absolute Gasteiger partial charge is 0.507 e. The predicted molar refractivity (Wildman–Crippen MR) is 135 cm³/mol. The molecule has 0 saturated carbocycles. The van der Waals surface area contributed by atoms with Crippen LogP contribution >= 0.6 is 0 Å². The van der Waals surface area contributed by atoms with Gasteiger partial charge < -0.3 is 19.7 Å². The first-order valence-corrected chi connectivity index (χ1v) is 13.0. The van der Waals surface area contributed by atoms with Crippen LogP contribution in [0.4, 0.5) is 5.69 Å².